The third-order valence-electron chi connectivity index (χ3n) is 4.50. The van der Waals surface area contributed by atoms with Gasteiger partial charge in [-0.1, -0.05) is 6.92 Å². The van der Waals surface area contributed by atoms with Gasteiger partial charge in [0.2, 0.25) is 0 Å². The molecule has 0 bridgehead atoms. The average molecular weight is 278 g/mol. The molecule has 1 saturated heterocycles. The Kier molecular flexibility index (Phi) is 3.97. The van der Waals surface area contributed by atoms with Crippen molar-refractivity contribution >= 4 is 11.3 Å². The molecule has 1 aliphatic carbocycles. The molecular formula is C16H26N2S. The SMILES string of the molecule is Cc1sc(CNC2CC2)cc1CN1CC(C)CC1C. The predicted octanol–water partition coefficient (Wildman–Crippen LogP) is 3.54. The summed E-state index contributed by atoms with van der Waals surface area (Å²) in [6, 6.07) is 4.00. The van der Waals surface area contributed by atoms with Gasteiger partial charge in [-0.3, -0.25) is 4.90 Å². The lowest BCUT2D eigenvalue weighted by Crippen LogP contribution is -2.26. The van der Waals surface area contributed by atoms with Crippen molar-refractivity contribution in [3.05, 3.63) is 21.4 Å². The minimum Gasteiger partial charge on any atom is -0.309 e. The molecule has 0 aromatic carbocycles. The van der Waals surface area contributed by atoms with Crippen LogP contribution < -0.4 is 5.32 Å². The van der Waals surface area contributed by atoms with Crippen molar-refractivity contribution in [2.24, 2.45) is 5.92 Å². The van der Waals surface area contributed by atoms with Crippen molar-refractivity contribution in [2.45, 2.75) is 65.2 Å². The van der Waals surface area contributed by atoms with Crippen LogP contribution in [0.5, 0.6) is 0 Å². The van der Waals surface area contributed by atoms with Gasteiger partial charge in [0, 0.05) is 41.5 Å². The second-order valence-corrected chi connectivity index (χ2v) is 7.91. The van der Waals surface area contributed by atoms with Gasteiger partial charge in [0.25, 0.3) is 0 Å². The zero-order valence-electron chi connectivity index (χ0n) is 12.4. The smallest absolute Gasteiger partial charge is 0.0302 e. The molecule has 2 unspecified atom stereocenters. The van der Waals surface area contributed by atoms with Gasteiger partial charge < -0.3 is 5.32 Å². The maximum Gasteiger partial charge on any atom is 0.0302 e. The first kappa shape index (κ1) is 13.6. The molecule has 1 aromatic rings. The molecule has 0 radical (unpaired) electrons. The van der Waals surface area contributed by atoms with Crippen molar-refractivity contribution < 1.29 is 0 Å². The third-order valence-corrected chi connectivity index (χ3v) is 5.59. The lowest BCUT2D eigenvalue weighted by atomic mass is 10.1. The van der Waals surface area contributed by atoms with Crippen LogP contribution in [0.15, 0.2) is 6.07 Å². The largest absolute Gasteiger partial charge is 0.309 e. The molecule has 1 aromatic heterocycles. The van der Waals surface area contributed by atoms with E-state index >= 15 is 0 Å². The van der Waals surface area contributed by atoms with Crippen LogP contribution in [-0.2, 0) is 13.1 Å². The summed E-state index contributed by atoms with van der Waals surface area (Å²) < 4.78 is 0. The van der Waals surface area contributed by atoms with E-state index in [1.165, 1.54) is 35.6 Å². The number of nitrogens with zero attached hydrogens (tertiary/aromatic N) is 1. The molecule has 1 aliphatic heterocycles. The minimum absolute atomic E-state index is 0.752. The van der Waals surface area contributed by atoms with Crippen LogP contribution in [0.4, 0.5) is 0 Å². The topological polar surface area (TPSA) is 15.3 Å². The normalized spacial score (nSPS) is 28.2. The molecule has 0 spiro atoms. The zero-order chi connectivity index (χ0) is 13.4. The lowest BCUT2D eigenvalue weighted by molar-refractivity contribution is 0.256. The Morgan fingerprint density at radius 3 is 2.79 bits per heavy atom. The molecular weight excluding hydrogens is 252 g/mol. The second-order valence-electron chi connectivity index (χ2n) is 6.57. The quantitative estimate of drug-likeness (QED) is 0.886. The predicted molar refractivity (Wildman–Crippen MR) is 82.6 cm³/mol. The first-order valence-electron chi connectivity index (χ1n) is 7.67. The van der Waals surface area contributed by atoms with Crippen molar-refractivity contribution in [2.75, 3.05) is 6.54 Å². The van der Waals surface area contributed by atoms with Crippen LogP contribution in [0.3, 0.4) is 0 Å². The van der Waals surface area contributed by atoms with Gasteiger partial charge in [-0.15, -0.1) is 11.3 Å². The number of thiophene rings is 1. The Hall–Kier alpha value is -0.380. The van der Waals surface area contributed by atoms with Crippen molar-refractivity contribution in [3.63, 3.8) is 0 Å². The maximum absolute atomic E-state index is 3.62. The zero-order valence-corrected chi connectivity index (χ0v) is 13.2. The van der Waals surface area contributed by atoms with E-state index < -0.39 is 0 Å². The highest BCUT2D eigenvalue weighted by molar-refractivity contribution is 7.12. The van der Waals surface area contributed by atoms with Gasteiger partial charge in [0.15, 0.2) is 0 Å². The molecule has 0 amide bonds. The van der Waals surface area contributed by atoms with Gasteiger partial charge in [0.05, 0.1) is 0 Å². The van der Waals surface area contributed by atoms with Gasteiger partial charge in [0.1, 0.15) is 0 Å². The molecule has 2 aliphatic rings. The standard InChI is InChI=1S/C16H26N2S/c1-11-6-12(2)18(9-11)10-14-7-16(19-13(14)3)8-17-15-4-5-15/h7,11-12,15,17H,4-6,8-10H2,1-3H3. The molecule has 2 fully saturated rings. The molecule has 3 rings (SSSR count). The molecule has 2 heterocycles. The second kappa shape index (κ2) is 5.55. The number of rotatable bonds is 5. The van der Waals surface area contributed by atoms with Crippen LogP contribution in [-0.4, -0.2) is 23.5 Å². The minimum atomic E-state index is 0.752. The van der Waals surface area contributed by atoms with E-state index in [0.29, 0.717) is 0 Å². The van der Waals surface area contributed by atoms with Gasteiger partial charge in [-0.2, -0.15) is 0 Å². The monoisotopic (exact) mass is 278 g/mol. The Morgan fingerprint density at radius 2 is 2.16 bits per heavy atom. The fourth-order valence-corrected chi connectivity index (χ4v) is 4.19. The van der Waals surface area contributed by atoms with Crippen molar-refractivity contribution in [1.29, 1.82) is 0 Å². The molecule has 19 heavy (non-hydrogen) atoms. The molecule has 2 nitrogen and oxygen atoms in total. The summed E-state index contributed by atoms with van der Waals surface area (Å²) >= 11 is 1.98. The Morgan fingerprint density at radius 1 is 1.37 bits per heavy atom. The van der Waals surface area contributed by atoms with Crippen LogP contribution in [0.1, 0.15) is 48.4 Å². The number of hydrogen-bond donors (Lipinski definition) is 1. The highest BCUT2D eigenvalue weighted by atomic mass is 32.1. The van der Waals surface area contributed by atoms with Gasteiger partial charge in [-0.05, 0) is 50.7 Å². The fraction of sp³-hybridized carbons (Fsp3) is 0.750. The Bertz CT molecular complexity index is 436. The van der Waals surface area contributed by atoms with E-state index in [0.717, 1.165) is 31.1 Å². The number of nitrogens with one attached hydrogen (secondary N) is 1. The van der Waals surface area contributed by atoms with Crippen LogP contribution >= 0.6 is 11.3 Å². The Labute approximate surface area is 121 Å². The van der Waals surface area contributed by atoms with Crippen molar-refractivity contribution in [1.82, 2.24) is 10.2 Å². The van der Waals surface area contributed by atoms with E-state index in [4.69, 9.17) is 0 Å². The van der Waals surface area contributed by atoms with E-state index in [1.54, 1.807) is 5.56 Å². The highest BCUT2D eigenvalue weighted by Crippen LogP contribution is 2.29. The fourth-order valence-electron chi connectivity index (χ4n) is 3.19. The van der Waals surface area contributed by atoms with Crippen LogP contribution in [0.25, 0.3) is 0 Å². The molecule has 3 heteroatoms. The third kappa shape index (κ3) is 3.39. The number of likely N-dealkylation sites (tertiary alicyclic amines) is 1. The summed E-state index contributed by atoms with van der Waals surface area (Å²) in [7, 11) is 0. The summed E-state index contributed by atoms with van der Waals surface area (Å²) in [5, 5.41) is 3.62. The summed E-state index contributed by atoms with van der Waals surface area (Å²) in [6.45, 7) is 10.5. The Balaban J connectivity index is 1.60. The first-order chi connectivity index (χ1) is 9.11. The highest BCUT2D eigenvalue weighted by Gasteiger charge is 2.26. The molecule has 1 N–H and O–H groups in total. The van der Waals surface area contributed by atoms with E-state index in [9.17, 15) is 0 Å². The molecule has 1 saturated carbocycles. The van der Waals surface area contributed by atoms with E-state index in [-0.39, 0.29) is 0 Å². The van der Waals surface area contributed by atoms with E-state index in [2.05, 4.69) is 37.1 Å². The summed E-state index contributed by atoms with van der Waals surface area (Å²) in [5.74, 6) is 0.866. The van der Waals surface area contributed by atoms with Gasteiger partial charge >= 0.3 is 0 Å². The summed E-state index contributed by atoms with van der Waals surface area (Å²) in [5.41, 5.74) is 1.55. The first-order valence-corrected chi connectivity index (χ1v) is 8.49. The summed E-state index contributed by atoms with van der Waals surface area (Å²) in [4.78, 5) is 5.68. The van der Waals surface area contributed by atoms with Crippen molar-refractivity contribution in [3.8, 4) is 0 Å². The lowest BCUT2D eigenvalue weighted by Gasteiger charge is -2.20. The number of hydrogen-bond acceptors (Lipinski definition) is 3. The maximum atomic E-state index is 3.62. The number of aryl methyl sites for hydroxylation is 1. The van der Waals surface area contributed by atoms with Crippen LogP contribution in [0, 0.1) is 12.8 Å². The van der Waals surface area contributed by atoms with Crippen LogP contribution in [0.2, 0.25) is 0 Å². The molecule has 106 valence electrons. The van der Waals surface area contributed by atoms with E-state index in [1.807, 2.05) is 11.3 Å². The van der Waals surface area contributed by atoms with Gasteiger partial charge in [-0.25, -0.2) is 0 Å². The average Bonchev–Trinajstić information content (AvgIpc) is 3.04. The summed E-state index contributed by atoms with van der Waals surface area (Å²) in [6.07, 6.45) is 4.11. The molecule has 2 atom stereocenters.